The molecule has 2 aromatic heterocycles. The Morgan fingerprint density at radius 1 is 0.564 bits per heavy atom. The van der Waals surface area contributed by atoms with Crippen molar-refractivity contribution in [3.63, 3.8) is 0 Å². The van der Waals surface area contributed by atoms with E-state index in [9.17, 15) is 0 Å². The summed E-state index contributed by atoms with van der Waals surface area (Å²) in [6.45, 7) is 0. The minimum absolute atomic E-state index is 0.938. The van der Waals surface area contributed by atoms with Crippen molar-refractivity contribution in [1.82, 2.24) is 4.57 Å². The van der Waals surface area contributed by atoms with Crippen LogP contribution < -0.4 is 15.5 Å². The van der Waals surface area contributed by atoms with Crippen molar-refractivity contribution in [3.8, 4) is 5.69 Å². The minimum Gasteiger partial charge on any atom is -0.456 e. The lowest BCUT2D eigenvalue weighted by Crippen LogP contribution is -2.33. The summed E-state index contributed by atoms with van der Waals surface area (Å²) < 4.78 is 8.65. The zero-order valence-electron chi connectivity index (χ0n) is 21.4. The molecule has 39 heavy (non-hydrogen) atoms. The fourth-order valence-corrected chi connectivity index (χ4v) is 6.18. The normalized spacial score (nSPS) is 13.1. The van der Waals surface area contributed by atoms with E-state index in [1.54, 1.807) is 0 Å². The first-order chi connectivity index (χ1) is 19.4. The largest absolute Gasteiger partial charge is 0.456 e. The zero-order valence-corrected chi connectivity index (χ0v) is 21.4. The van der Waals surface area contributed by atoms with Gasteiger partial charge in [0.1, 0.15) is 11.0 Å². The third-order valence-corrected chi connectivity index (χ3v) is 7.85. The average molecular weight is 503 g/mol. The molecule has 0 N–H and O–H groups in total. The van der Waals surface area contributed by atoms with E-state index in [4.69, 9.17) is 4.42 Å². The van der Waals surface area contributed by atoms with E-state index in [1.807, 2.05) is 6.07 Å². The highest BCUT2D eigenvalue weighted by Crippen LogP contribution is 2.36. The Morgan fingerprint density at radius 3 is 1.87 bits per heavy atom. The number of hydrogen-bond donors (Lipinski definition) is 0. The number of furan rings is 1. The summed E-state index contributed by atoms with van der Waals surface area (Å²) in [4.78, 5) is 2.41. The Bertz CT molecular complexity index is 2060. The molecule has 0 saturated carbocycles. The first-order valence-electron chi connectivity index (χ1n) is 13.5. The van der Waals surface area contributed by atoms with Crippen LogP contribution in [0, 0.1) is 0 Å². The highest BCUT2D eigenvalue weighted by Gasteiger charge is 2.21. The van der Waals surface area contributed by atoms with Crippen molar-refractivity contribution in [1.29, 1.82) is 0 Å². The highest BCUT2D eigenvalue weighted by molar-refractivity contribution is 6.09. The van der Waals surface area contributed by atoms with Gasteiger partial charge in [-0.05, 0) is 73.5 Å². The van der Waals surface area contributed by atoms with Gasteiger partial charge in [0.05, 0.1) is 11.0 Å². The van der Waals surface area contributed by atoms with E-state index in [1.165, 1.54) is 38.1 Å². The van der Waals surface area contributed by atoms with Crippen LogP contribution >= 0.6 is 0 Å². The monoisotopic (exact) mass is 502 g/mol. The smallest absolute Gasteiger partial charge is 0.135 e. The highest BCUT2D eigenvalue weighted by atomic mass is 16.3. The van der Waals surface area contributed by atoms with Gasteiger partial charge in [0.2, 0.25) is 0 Å². The molecular weight excluding hydrogens is 476 g/mol. The number of rotatable bonds is 4. The van der Waals surface area contributed by atoms with Gasteiger partial charge in [-0.3, -0.25) is 0 Å². The van der Waals surface area contributed by atoms with Crippen LogP contribution in [0.3, 0.4) is 0 Å². The second-order valence-corrected chi connectivity index (χ2v) is 10.1. The maximum Gasteiger partial charge on any atom is 0.135 e. The maximum atomic E-state index is 6.29. The van der Waals surface area contributed by atoms with Crippen LogP contribution in [0.4, 0.5) is 11.4 Å². The first-order valence-corrected chi connectivity index (χ1v) is 13.5. The fourth-order valence-electron chi connectivity index (χ4n) is 6.18. The lowest BCUT2D eigenvalue weighted by atomic mass is 10.0. The quantitative estimate of drug-likeness (QED) is 0.243. The van der Waals surface area contributed by atoms with Crippen LogP contribution in [0.1, 0.15) is 12.8 Å². The molecule has 8 rings (SSSR count). The number of benzene rings is 5. The molecular formula is C36H26N2O. The molecule has 0 radical (unpaired) electrons. The predicted molar refractivity (Wildman–Crippen MR) is 162 cm³/mol. The molecule has 3 heteroatoms. The molecule has 0 bridgehead atoms. The van der Waals surface area contributed by atoms with Gasteiger partial charge in [0.25, 0.3) is 0 Å². The minimum atomic E-state index is 0.938. The molecule has 1 aliphatic carbocycles. The van der Waals surface area contributed by atoms with Crippen molar-refractivity contribution in [3.05, 3.63) is 138 Å². The molecule has 0 unspecified atom stereocenters. The summed E-state index contributed by atoms with van der Waals surface area (Å²) in [6.07, 6.45) is 4.12. The van der Waals surface area contributed by atoms with E-state index in [0.29, 0.717) is 0 Å². The lowest BCUT2D eigenvalue weighted by Gasteiger charge is -2.29. The van der Waals surface area contributed by atoms with Gasteiger partial charge in [0, 0.05) is 44.1 Å². The molecule has 0 atom stereocenters. The van der Waals surface area contributed by atoms with E-state index < -0.39 is 0 Å². The summed E-state index contributed by atoms with van der Waals surface area (Å²) in [5, 5.41) is 4.92. The summed E-state index contributed by atoms with van der Waals surface area (Å²) in [7, 11) is 0. The van der Waals surface area contributed by atoms with E-state index in [-0.39, 0.29) is 0 Å². The van der Waals surface area contributed by atoms with Crippen LogP contribution in [-0.4, -0.2) is 4.57 Å². The SMILES string of the molecule is C1=c2oc3ccccc3c2=C(N(c2ccccc2)c2ccc(-n3c4ccccc4c4ccccc43)cc2)CC1. The van der Waals surface area contributed by atoms with E-state index in [0.717, 1.165) is 40.9 Å². The number of anilines is 2. The molecule has 0 spiro atoms. The second-order valence-electron chi connectivity index (χ2n) is 10.1. The second kappa shape index (κ2) is 8.78. The van der Waals surface area contributed by atoms with Gasteiger partial charge in [0.15, 0.2) is 0 Å². The summed E-state index contributed by atoms with van der Waals surface area (Å²) in [5.74, 6) is 0. The van der Waals surface area contributed by atoms with E-state index >= 15 is 0 Å². The summed E-state index contributed by atoms with van der Waals surface area (Å²) >= 11 is 0. The number of fused-ring (bicyclic) bond motifs is 6. The Balaban J connectivity index is 1.34. The first kappa shape index (κ1) is 22.0. The standard InChI is InChI=1S/C36H26N2O/c1-2-11-25(12-3-1)37(33-18-10-20-35-36(33)30-15-6-9-19-34(30)39-35)26-21-23-27(24-22-26)38-31-16-7-4-13-28(31)29-14-5-8-17-32(29)38/h1-9,11-17,19-24H,10,18H2. The maximum absolute atomic E-state index is 6.29. The summed E-state index contributed by atoms with van der Waals surface area (Å²) in [6, 6.07) is 45.3. The van der Waals surface area contributed by atoms with Crippen LogP contribution in [0.15, 0.2) is 132 Å². The van der Waals surface area contributed by atoms with E-state index in [2.05, 4.69) is 137 Å². The van der Waals surface area contributed by atoms with Crippen molar-refractivity contribution in [2.75, 3.05) is 4.90 Å². The van der Waals surface area contributed by atoms with Gasteiger partial charge in [-0.2, -0.15) is 0 Å². The number of hydrogen-bond acceptors (Lipinski definition) is 2. The Hall–Kier alpha value is -5.02. The molecule has 0 aliphatic heterocycles. The number of aromatic nitrogens is 1. The topological polar surface area (TPSA) is 21.3 Å². The molecule has 186 valence electrons. The molecule has 0 amide bonds. The predicted octanol–water partition coefficient (Wildman–Crippen LogP) is 8.05. The van der Waals surface area contributed by atoms with Gasteiger partial charge >= 0.3 is 0 Å². The van der Waals surface area contributed by atoms with Crippen molar-refractivity contribution in [2.24, 2.45) is 0 Å². The van der Waals surface area contributed by atoms with Crippen molar-refractivity contribution >= 4 is 55.9 Å². The van der Waals surface area contributed by atoms with Crippen LogP contribution in [0.5, 0.6) is 0 Å². The lowest BCUT2D eigenvalue weighted by molar-refractivity contribution is 0.570. The van der Waals surface area contributed by atoms with Crippen LogP contribution in [0.25, 0.3) is 50.2 Å². The number of nitrogens with zero attached hydrogens (tertiary/aromatic N) is 2. The van der Waals surface area contributed by atoms with Crippen LogP contribution in [-0.2, 0) is 0 Å². The molecule has 2 heterocycles. The third-order valence-electron chi connectivity index (χ3n) is 7.85. The van der Waals surface area contributed by atoms with Gasteiger partial charge in [-0.1, -0.05) is 72.8 Å². The fraction of sp³-hybridized carbons (Fsp3) is 0.0556. The molecule has 0 saturated heterocycles. The van der Waals surface area contributed by atoms with Crippen LogP contribution in [0.2, 0.25) is 0 Å². The Morgan fingerprint density at radius 2 is 1.15 bits per heavy atom. The molecule has 0 fully saturated rings. The molecule has 5 aromatic carbocycles. The molecule has 1 aliphatic rings. The van der Waals surface area contributed by atoms with Gasteiger partial charge in [-0.15, -0.1) is 0 Å². The van der Waals surface area contributed by atoms with Gasteiger partial charge < -0.3 is 13.9 Å². The Kier molecular flexibility index (Phi) is 4.95. The zero-order chi connectivity index (χ0) is 25.8. The average Bonchev–Trinajstić information content (AvgIpc) is 3.55. The number of para-hydroxylation sites is 4. The van der Waals surface area contributed by atoms with Gasteiger partial charge in [-0.25, -0.2) is 0 Å². The molecule has 7 aromatic rings. The Labute approximate surface area is 226 Å². The molecule has 3 nitrogen and oxygen atoms in total. The van der Waals surface area contributed by atoms with Crippen molar-refractivity contribution in [2.45, 2.75) is 12.8 Å². The third kappa shape index (κ3) is 3.44. The summed E-state index contributed by atoms with van der Waals surface area (Å²) in [5.41, 5.74) is 9.06. The van der Waals surface area contributed by atoms with Crippen molar-refractivity contribution < 1.29 is 4.42 Å².